The number of rotatable bonds is 1. The van der Waals surface area contributed by atoms with Gasteiger partial charge in [-0.25, -0.2) is 0 Å². The van der Waals surface area contributed by atoms with E-state index in [0.29, 0.717) is 18.1 Å². The lowest BCUT2D eigenvalue weighted by Crippen LogP contribution is -2.44. The van der Waals surface area contributed by atoms with Crippen LogP contribution in [-0.4, -0.2) is 22.9 Å². The van der Waals surface area contributed by atoms with Gasteiger partial charge >= 0.3 is 0 Å². The van der Waals surface area contributed by atoms with E-state index in [2.05, 4.69) is 13.8 Å². The molecule has 0 amide bonds. The highest BCUT2D eigenvalue weighted by atomic mass is 16.5. The molecule has 2 nitrogen and oxygen atoms in total. The lowest BCUT2D eigenvalue weighted by molar-refractivity contribution is -0.132. The van der Waals surface area contributed by atoms with Crippen LogP contribution in [0.5, 0.6) is 0 Å². The van der Waals surface area contributed by atoms with Crippen molar-refractivity contribution in [3.05, 3.63) is 0 Å². The molecule has 2 rings (SSSR count). The summed E-state index contributed by atoms with van der Waals surface area (Å²) >= 11 is 0. The van der Waals surface area contributed by atoms with Gasteiger partial charge in [0.2, 0.25) is 0 Å². The van der Waals surface area contributed by atoms with Crippen LogP contribution in [-0.2, 0) is 4.74 Å². The molecule has 70 valence electrons. The number of aliphatic hydroxyl groups is 1. The van der Waals surface area contributed by atoms with Crippen LogP contribution in [0.3, 0.4) is 0 Å². The van der Waals surface area contributed by atoms with Crippen LogP contribution in [0, 0.1) is 5.92 Å². The maximum atomic E-state index is 10.2. The molecule has 2 saturated heterocycles. The lowest BCUT2D eigenvalue weighted by Gasteiger charge is -2.39. The smallest absolute Gasteiger partial charge is 0.0719 e. The van der Waals surface area contributed by atoms with Crippen molar-refractivity contribution in [2.45, 2.75) is 57.3 Å². The van der Waals surface area contributed by atoms with Gasteiger partial charge in [0.1, 0.15) is 0 Å². The fourth-order valence-electron chi connectivity index (χ4n) is 2.42. The Morgan fingerprint density at radius 2 is 1.75 bits per heavy atom. The highest BCUT2D eigenvalue weighted by molar-refractivity contribution is 4.95. The Labute approximate surface area is 73.9 Å². The second-order valence-electron chi connectivity index (χ2n) is 4.62. The molecular weight excluding hydrogens is 152 g/mol. The molecule has 0 radical (unpaired) electrons. The molecule has 2 aliphatic heterocycles. The molecule has 0 saturated carbocycles. The summed E-state index contributed by atoms with van der Waals surface area (Å²) in [6.07, 6.45) is 4.69. The summed E-state index contributed by atoms with van der Waals surface area (Å²) < 4.78 is 5.68. The zero-order valence-corrected chi connectivity index (χ0v) is 7.92. The Morgan fingerprint density at radius 3 is 2.17 bits per heavy atom. The van der Waals surface area contributed by atoms with Crippen LogP contribution in [0.1, 0.15) is 39.5 Å². The van der Waals surface area contributed by atoms with E-state index >= 15 is 0 Å². The van der Waals surface area contributed by atoms with Crippen LogP contribution in [0.15, 0.2) is 0 Å². The molecule has 0 aromatic heterocycles. The maximum Gasteiger partial charge on any atom is 0.0719 e. The lowest BCUT2D eigenvalue weighted by atomic mass is 9.81. The van der Waals surface area contributed by atoms with E-state index in [1.54, 1.807) is 0 Å². The van der Waals surface area contributed by atoms with Gasteiger partial charge in [-0.1, -0.05) is 13.8 Å². The fourth-order valence-corrected chi connectivity index (χ4v) is 2.42. The first-order valence-electron chi connectivity index (χ1n) is 4.98. The van der Waals surface area contributed by atoms with Gasteiger partial charge in [-0.15, -0.1) is 0 Å². The van der Waals surface area contributed by atoms with E-state index in [9.17, 15) is 5.11 Å². The second-order valence-corrected chi connectivity index (χ2v) is 4.62. The monoisotopic (exact) mass is 170 g/mol. The minimum Gasteiger partial charge on any atom is -0.389 e. The molecule has 1 unspecified atom stereocenters. The molecule has 1 N–H and O–H groups in total. The van der Waals surface area contributed by atoms with Gasteiger partial charge in [-0.2, -0.15) is 0 Å². The Bertz CT molecular complexity index is 165. The van der Waals surface area contributed by atoms with Gasteiger partial charge < -0.3 is 9.84 Å². The largest absolute Gasteiger partial charge is 0.389 e. The predicted octanol–water partition coefficient (Wildman–Crippen LogP) is 1.71. The van der Waals surface area contributed by atoms with Gasteiger partial charge in [0.25, 0.3) is 0 Å². The summed E-state index contributed by atoms with van der Waals surface area (Å²) in [5.74, 6) is 0.365. The summed E-state index contributed by atoms with van der Waals surface area (Å²) in [6, 6.07) is 0. The van der Waals surface area contributed by atoms with Crippen LogP contribution >= 0.6 is 0 Å². The van der Waals surface area contributed by atoms with E-state index in [1.807, 2.05) is 0 Å². The second kappa shape index (κ2) is 2.71. The van der Waals surface area contributed by atoms with Crippen LogP contribution in [0.25, 0.3) is 0 Å². The highest BCUT2D eigenvalue weighted by Gasteiger charge is 2.45. The quantitative estimate of drug-likeness (QED) is 0.649. The van der Waals surface area contributed by atoms with E-state index in [1.165, 1.54) is 0 Å². The molecule has 0 aromatic rings. The van der Waals surface area contributed by atoms with Crippen molar-refractivity contribution in [2.24, 2.45) is 5.92 Å². The summed E-state index contributed by atoms with van der Waals surface area (Å²) in [6.45, 7) is 4.20. The van der Waals surface area contributed by atoms with Crippen molar-refractivity contribution >= 4 is 0 Å². The van der Waals surface area contributed by atoms with E-state index in [-0.39, 0.29) is 0 Å². The van der Waals surface area contributed by atoms with Crippen LogP contribution in [0.4, 0.5) is 0 Å². The average molecular weight is 170 g/mol. The van der Waals surface area contributed by atoms with Gasteiger partial charge in [0.15, 0.2) is 0 Å². The summed E-state index contributed by atoms with van der Waals surface area (Å²) in [5, 5.41) is 10.2. The number of hydrogen-bond acceptors (Lipinski definition) is 2. The minimum atomic E-state index is -0.440. The Kier molecular flexibility index (Phi) is 1.92. The summed E-state index contributed by atoms with van der Waals surface area (Å²) in [5.41, 5.74) is -0.440. The topological polar surface area (TPSA) is 29.5 Å². The molecule has 2 bridgehead atoms. The first kappa shape index (κ1) is 8.52. The van der Waals surface area contributed by atoms with Crippen molar-refractivity contribution in [1.29, 1.82) is 0 Å². The van der Waals surface area contributed by atoms with Crippen molar-refractivity contribution < 1.29 is 9.84 Å². The normalized spacial score (nSPS) is 47.0. The third-order valence-corrected chi connectivity index (χ3v) is 3.43. The van der Waals surface area contributed by atoms with Gasteiger partial charge in [0, 0.05) is 12.8 Å². The SMILES string of the molecule is CC(C)C1(O)C[C@H]2CC[C@@H](C1)O2. The number of ether oxygens (including phenoxy) is 1. The third kappa shape index (κ3) is 1.27. The van der Waals surface area contributed by atoms with E-state index in [0.717, 1.165) is 25.7 Å². The van der Waals surface area contributed by atoms with Crippen molar-refractivity contribution in [1.82, 2.24) is 0 Å². The highest BCUT2D eigenvalue weighted by Crippen LogP contribution is 2.41. The zero-order chi connectivity index (χ0) is 8.77. The van der Waals surface area contributed by atoms with Crippen molar-refractivity contribution in [2.75, 3.05) is 0 Å². The Balaban J connectivity index is 2.10. The van der Waals surface area contributed by atoms with Gasteiger partial charge in [-0.3, -0.25) is 0 Å². The van der Waals surface area contributed by atoms with Gasteiger partial charge in [-0.05, 0) is 18.8 Å². The summed E-state index contributed by atoms with van der Waals surface area (Å²) in [7, 11) is 0. The molecule has 3 atom stereocenters. The molecule has 2 fully saturated rings. The zero-order valence-electron chi connectivity index (χ0n) is 7.92. The first-order valence-corrected chi connectivity index (χ1v) is 4.98. The minimum absolute atomic E-state index is 0.344. The van der Waals surface area contributed by atoms with E-state index < -0.39 is 5.60 Å². The van der Waals surface area contributed by atoms with Crippen LogP contribution in [0.2, 0.25) is 0 Å². The molecule has 0 spiro atoms. The molecular formula is C10H18O2. The summed E-state index contributed by atoms with van der Waals surface area (Å²) in [4.78, 5) is 0. The number of hydrogen-bond donors (Lipinski definition) is 1. The molecule has 12 heavy (non-hydrogen) atoms. The van der Waals surface area contributed by atoms with Crippen molar-refractivity contribution in [3.8, 4) is 0 Å². The molecule has 2 aliphatic rings. The first-order chi connectivity index (χ1) is 5.60. The molecule has 2 heteroatoms. The van der Waals surface area contributed by atoms with E-state index in [4.69, 9.17) is 4.74 Å². The standard InChI is InChI=1S/C10H18O2/c1-7(2)10(11)5-8-3-4-9(6-10)12-8/h7-9,11H,3-6H2,1-2H3/t8-,9+,10?. The van der Waals surface area contributed by atoms with Crippen LogP contribution < -0.4 is 0 Å². The fraction of sp³-hybridized carbons (Fsp3) is 1.00. The molecule has 0 aromatic carbocycles. The Hall–Kier alpha value is -0.0800. The average Bonchev–Trinajstić information content (AvgIpc) is 2.30. The predicted molar refractivity (Wildman–Crippen MR) is 46.9 cm³/mol. The number of fused-ring (bicyclic) bond motifs is 2. The molecule has 0 aliphatic carbocycles. The maximum absolute atomic E-state index is 10.2. The Morgan fingerprint density at radius 1 is 1.25 bits per heavy atom. The van der Waals surface area contributed by atoms with Gasteiger partial charge in [0.05, 0.1) is 17.8 Å². The molecule has 2 heterocycles. The third-order valence-electron chi connectivity index (χ3n) is 3.43. The van der Waals surface area contributed by atoms with Crippen molar-refractivity contribution in [3.63, 3.8) is 0 Å².